The first-order chi connectivity index (χ1) is 13.5. The van der Waals surface area contributed by atoms with Crippen LogP contribution in [0, 0.1) is 12.9 Å². The Morgan fingerprint density at radius 2 is 2.00 bits per heavy atom. The summed E-state index contributed by atoms with van der Waals surface area (Å²) in [6, 6.07) is 8.78. The standard InChI is InChI=1S/C21H19FN4O2/c1-11-19-17(26-21(23)25-11)8-12(9-18(19)27)16-10-13(28-2)5-6-14(16)15-4-3-7-24-20(15)22/h3-7,10,12H,8-9H2,1-2H3,(H2,23,25,26). The van der Waals surface area contributed by atoms with Crippen LogP contribution in [0.4, 0.5) is 10.3 Å². The van der Waals surface area contributed by atoms with Gasteiger partial charge < -0.3 is 10.5 Å². The molecule has 0 radical (unpaired) electrons. The molecule has 1 atom stereocenters. The minimum absolute atomic E-state index is 0.0378. The van der Waals surface area contributed by atoms with Crippen molar-refractivity contribution in [1.82, 2.24) is 15.0 Å². The molecule has 0 amide bonds. The van der Waals surface area contributed by atoms with Gasteiger partial charge in [-0.2, -0.15) is 4.39 Å². The van der Waals surface area contributed by atoms with E-state index < -0.39 is 5.95 Å². The number of nitrogen functional groups attached to an aromatic ring is 1. The van der Waals surface area contributed by atoms with Crippen molar-refractivity contribution in [3.05, 3.63) is 65.0 Å². The van der Waals surface area contributed by atoms with Crippen LogP contribution < -0.4 is 10.5 Å². The number of methoxy groups -OCH3 is 1. The number of pyridine rings is 1. The molecule has 7 heteroatoms. The maximum Gasteiger partial charge on any atom is 0.220 e. The molecular weight excluding hydrogens is 359 g/mol. The lowest BCUT2D eigenvalue weighted by Gasteiger charge is -2.26. The number of aromatic nitrogens is 3. The number of ketones is 1. The molecule has 0 spiro atoms. The fourth-order valence-electron chi connectivity index (χ4n) is 3.86. The molecule has 0 saturated heterocycles. The van der Waals surface area contributed by atoms with Gasteiger partial charge in [-0.15, -0.1) is 0 Å². The van der Waals surface area contributed by atoms with Gasteiger partial charge in [0.25, 0.3) is 0 Å². The van der Waals surface area contributed by atoms with Gasteiger partial charge in [0.2, 0.25) is 11.9 Å². The monoisotopic (exact) mass is 378 g/mol. The number of carbonyl (C=O) groups excluding carboxylic acids is 1. The quantitative estimate of drug-likeness (QED) is 0.702. The Bertz CT molecular complexity index is 1080. The van der Waals surface area contributed by atoms with Crippen molar-refractivity contribution in [2.75, 3.05) is 12.8 Å². The zero-order valence-electron chi connectivity index (χ0n) is 15.6. The second kappa shape index (κ2) is 6.99. The Balaban J connectivity index is 1.85. The van der Waals surface area contributed by atoms with Gasteiger partial charge in [-0.1, -0.05) is 6.07 Å². The summed E-state index contributed by atoms with van der Waals surface area (Å²) in [5, 5.41) is 0. The topological polar surface area (TPSA) is 91.0 Å². The molecule has 1 aromatic carbocycles. The Labute approximate surface area is 161 Å². The number of carbonyl (C=O) groups is 1. The molecule has 3 aromatic rings. The number of nitrogens with two attached hydrogens (primary N) is 1. The van der Waals surface area contributed by atoms with Gasteiger partial charge in [-0.25, -0.2) is 15.0 Å². The summed E-state index contributed by atoms with van der Waals surface area (Å²) >= 11 is 0. The lowest BCUT2D eigenvalue weighted by Crippen LogP contribution is -2.23. The lowest BCUT2D eigenvalue weighted by molar-refractivity contribution is 0.0962. The van der Waals surface area contributed by atoms with Crippen LogP contribution in [0.2, 0.25) is 0 Å². The summed E-state index contributed by atoms with van der Waals surface area (Å²) in [4.78, 5) is 25.0. The average molecular weight is 378 g/mol. The van der Waals surface area contributed by atoms with E-state index in [1.54, 1.807) is 38.3 Å². The largest absolute Gasteiger partial charge is 0.497 e. The molecule has 28 heavy (non-hydrogen) atoms. The number of rotatable bonds is 3. The summed E-state index contributed by atoms with van der Waals surface area (Å²) in [6.45, 7) is 1.76. The van der Waals surface area contributed by atoms with E-state index in [0.29, 0.717) is 40.2 Å². The second-order valence-electron chi connectivity index (χ2n) is 6.81. The maximum absolute atomic E-state index is 14.4. The second-order valence-corrected chi connectivity index (χ2v) is 6.81. The zero-order valence-corrected chi connectivity index (χ0v) is 15.6. The summed E-state index contributed by atoms with van der Waals surface area (Å²) in [5.74, 6) is 0.00926. The molecule has 2 N–H and O–H groups in total. The van der Waals surface area contributed by atoms with Gasteiger partial charge in [0.1, 0.15) is 5.75 Å². The molecule has 0 saturated carbocycles. The zero-order chi connectivity index (χ0) is 19.8. The van der Waals surface area contributed by atoms with Gasteiger partial charge in [0.15, 0.2) is 5.78 Å². The predicted molar refractivity (Wildman–Crippen MR) is 103 cm³/mol. The number of Topliss-reactive ketones (excluding diaryl/α,β-unsaturated/α-hetero) is 1. The number of hydrogen-bond acceptors (Lipinski definition) is 6. The number of hydrogen-bond donors (Lipinski definition) is 1. The minimum atomic E-state index is -0.557. The number of halogens is 1. The molecule has 1 unspecified atom stereocenters. The van der Waals surface area contributed by atoms with E-state index in [1.165, 1.54) is 6.20 Å². The number of aryl methyl sites for hydroxylation is 1. The normalized spacial score (nSPS) is 16.0. The van der Waals surface area contributed by atoms with Crippen LogP contribution >= 0.6 is 0 Å². The Hall–Kier alpha value is -3.35. The first-order valence-corrected chi connectivity index (χ1v) is 8.93. The van der Waals surface area contributed by atoms with Crippen LogP contribution in [0.25, 0.3) is 11.1 Å². The van der Waals surface area contributed by atoms with Crippen molar-refractivity contribution >= 4 is 11.7 Å². The molecule has 0 fully saturated rings. The Morgan fingerprint density at radius 1 is 1.18 bits per heavy atom. The maximum atomic E-state index is 14.4. The van der Waals surface area contributed by atoms with Gasteiger partial charge in [0, 0.05) is 18.2 Å². The van der Waals surface area contributed by atoms with Gasteiger partial charge in [-0.3, -0.25) is 4.79 Å². The number of fused-ring (bicyclic) bond motifs is 1. The highest BCUT2D eigenvalue weighted by Crippen LogP contribution is 2.40. The third-order valence-electron chi connectivity index (χ3n) is 5.08. The number of ether oxygens (including phenoxy) is 1. The van der Waals surface area contributed by atoms with E-state index in [4.69, 9.17) is 10.5 Å². The summed E-state index contributed by atoms with van der Waals surface area (Å²) in [7, 11) is 1.57. The van der Waals surface area contributed by atoms with E-state index in [0.717, 1.165) is 5.56 Å². The summed E-state index contributed by atoms with van der Waals surface area (Å²) < 4.78 is 19.7. The summed E-state index contributed by atoms with van der Waals surface area (Å²) in [5.41, 5.74) is 9.45. The molecule has 6 nitrogen and oxygen atoms in total. The average Bonchev–Trinajstić information content (AvgIpc) is 2.67. The smallest absolute Gasteiger partial charge is 0.220 e. The lowest BCUT2D eigenvalue weighted by atomic mass is 9.78. The minimum Gasteiger partial charge on any atom is -0.497 e. The fourth-order valence-corrected chi connectivity index (χ4v) is 3.86. The van der Waals surface area contributed by atoms with Crippen molar-refractivity contribution in [3.63, 3.8) is 0 Å². The van der Waals surface area contributed by atoms with E-state index in [-0.39, 0.29) is 24.1 Å². The third-order valence-corrected chi connectivity index (χ3v) is 5.08. The van der Waals surface area contributed by atoms with Crippen LogP contribution in [-0.4, -0.2) is 27.8 Å². The van der Waals surface area contributed by atoms with E-state index >= 15 is 0 Å². The molecule has 142 valence electrons. The van der Waals surface area contributed by atoms with Crippen LogP contribution in [0.15, 0.2) is 36.5 Å². The van der Waals surface area contributed by atoms with Crippen LogP contribution in [0.3, 0.4) is 0 Å². The molecule has 2 aromatic heterocycles. The first kappa shape index (κ1) is 18.0. The van der Waals surface area contributed by atoms with Gasteiger partial charge in [0.05, 0.1) is 24.1 Å². The molecule has 4 rings (SSSR count). The summed E-state index contributed by atoms with van der Waals surface area (Å²) in [6.07, 6.45) is 2.20. The SMILES string of the molecule is COc1ccc(-c2cccnc2F)c(C2CC(=O)c3c(C)nc(N)nc3C2)c1. The van der Waals surface area contributed by atoms with E-state index in [2.05, 4.69) is 15.0 Å². The molecule has 1 aliphatic rings. The third kappa shape index (κ3) is 3.09. The highest BCUT2D eigenvalue weighted by Gasteiger charge is 2.31. The fraction of sp³-hybridized carbons (Fsp3) is 0.238. The van der Waals surface area contributed by atoms with Crippen LogP contribution in [0.1, 0.15) is 39.6 Å². The van der Waals surface area contributed by atoms with Gasteiger partial charge >= 0.3 is 0 Å². The van der Waals surface area contributed by atoms with Gasteiger partial charge in [-0.05, 0) is 54.7 Å². The molecule has 1 aliphatic carbocycles. The number of anilines is 1. The molecule has 0 aliphatic heterocycles. The highest BCUT2D eigenvalue weighted by atomic mass is 19.1. The van der Waals surface area contributed by atoms with Crippen LogP contribution in [-0.2, 0) is 6.42 Å². The van der Waals surface area contributed by atoms with Crippen molar-refractivity contribution in [3.8, 4) is 16.9 Å². The van der Waals surface area contributed by atoms with Crippen molar-refractivity contribution < 1.29 is 13.9 Å². The Kier molecular flexibility index (Phi) is 4.50. The number of nitrogens with zero attached hydrogens (tertiary/aromatic N) is 3. The number of benzene rings is 1. The predicted octanol–water partition coefficient (Wildman–Crippen LogP) is 3.49. The van der Waals surface area contributed by atoms with E-state index in [1.807, 2.05) is 6.07 Å². The Morgan fingerprint density at radius 3 is 2.75 bits per heavy atom. The first-order valence-electron chi connectivity index (χ1n) is 8.93. The molecule has 0 bridgehead atoms. The molecule has 2 heterocycles. The van der Waals surface area contributed by atoms with E-state index in [9.17, 15) is 9.18 Å². The van der Waals surface area contributed by atoms with Crippen molar-refractivity contribution in [1.29, 1.82) is 0 Å². The molecular formula is C21H19FN4O2. The van der Waals surface area contributed by atoms with Crippen molar-refractivity contribution in [2.24, 2.45) is 0 Å². The highest BCUT2D eigenvalue weighted by molar-refractivity contribution is 6.00. The van der Waals surface area contributed by atoms with Crippen LogP contribution in [0.5, 0.6) is 5.75 Å². The van der Waals surface area contributed by atoms with Crippen molar-refractivity contribution in [2.45, 2.75) is 25.7 Å².